The highest BCUT2D eigenvalue weighted by Crippen LogP contribution is 2.17. The number of piperazine rings is 1. The molecule has 0 spiro atoms. The molecular weight excluding hydrogens is 246 g/mol. The minimum atomic E-state index is 1.15. The Bertz CT molecular complexity index is 384. The van der Waals surface area contributed by atoms with Gasteiger partial charge in [0.05, 0.1) is 0 Å². The lowest BCUT2D eigenvalue weighted by Gasteiger charge is -2.36. The van der Waals surface area contributed by atoms with E-state index >= 15 is 0 Å². The molecule has 0 amide bonds. The van der Waals surface area contributed by atoms with Gasteiger partial charge in [0, 0.05) is 31.9 Å². The smallest absolute Gasteiger partial charge is 0.0369 e. The number of aryl methyl sites for hydroxylation is 1. The molecule has 0 aliphatic carbocycles. The van der Waals surface area contributed by atoms with E-state index in [-0.39, 0.29) is 0 Å². The first kappa shape index (κ1) is 15.3. The van der Waals surface area contributed by atoms with Gasteiger partial charge >= 0.3 is 0 Å². The minimum Gasteiger partial charge on any atom is -0.369 e. The van der Waals surface area contributed by atoms with Crippen LogP contribution in [0.2, 0.25) is 0 Å². The van der Waals surface area contributed by atoms with Gasteiger partial charge in [0.1, 0.15) is 0 Å². The third kappa shape index (κ3) is 4.80. The molecule has 1 aliphatic heterocycles. The first-order valence-corrected chi connectivity index (χ1v) is 8.04. The van der Waals surface area contributed by atoms with Crippen molar-refractivity contribution in [2.75, 3.05) is 50.7 Å². The van der Waals surface area contributed by atoms with Gasteiger partial charge in [-0.15, -0.1) is 0 Å². The van der Waals surface area contributed by atoms with E-state index in [2.05, 4.69) is 53.2 Å². The lowest BCUT2D eigenvalue weighted by molar-refractivity contribution is 0.254. The number of hydrogen-bond donors (Lipinski definition) is 1. The van der Waals surface area contributed by atoms with Gasteiger partial charge in [-0.1, -0.05) is 19.1 Å². The summed E-state index contributed by atoms with van der Waals surface area (Å²) in [6.07, 6.45) is 2.50. The lowest BCUT2D eigenvalue weighted by atomic mass is 10.2. The predicted octanol–water partition coefficient (Wildman–Crippen LogP) is 2.51. The molecule has 0 aromatic heterocycles. The molecule has 1 aromatic carbocycles. The Morgan fingerprint density at radius 2 is 1.90 bits per heavy atom. The lowest BCUT2D eigenvalue weighted by Crippen LogP contribution is -2.47. The van der Waals surface area contributed by atoms with Crippen LogP contribution < -0.4 is 10.2 Å². The molecule has 2 rings (SSSR count). The van der Waals surface area contributed by atoms with Gasteiger partial charge in [-0.2, -0.15) is 0 Å². The zero-order valence-corrected chi connectivity index (χ0v) is 13.1. The zero-order chi connectivity index (χ0) is 14.2. The van der Waals surface area contributed by atoms with Gasteiger partial charge in [-0.25, -0.2) is 0 Å². The third-order valence-corrected chi connectivity index (χ3v) is 3.99. The number of benzene rings is 1. The molecule has 1 aliphatic rings. The van der Waals surface area contributed by atoms with E-state index in [1.165, 1.54) is 43.7 Å². The van der Waals surface area contributed by atoms with E-state index in [0.717, 1.165) is 26.2 Å². The number of anilines is 1. The van der Waals surface area contributed by atoms with Crippen LogP contribution in [0.5, 0.6) is 0 Å². The molecule has 0 unspecified atom stereocenters. The fourth-order valence-corrected chi connectivity index (χ4v) is 2.78. The Balaban J connectivity index is 1.67. The zero-order valence-electron chi connectivity index (χ0n) is 13.1. The molecule has 1 aromatic rings. The van der Waals surface area contributed by atoms with Crippen LogP contribution in [0.25, 0.3) is 0 Å². The van der Waals surface area contributed by atoms with E-state index in [1.807, 2.05) is 0 Å². The largest absolute Gasteiger partial charge is 0.369 e. The number of nitrogens with zero attached hydrogens (tertiary/aromatic N) is 2. The molecule has 3 nitrogen and oxygen atoms in total. The number of rotatable bonds is 7. The monoisotopic (exact) mass is 275 g/mol. The summed E-state index contributed by atoms with van der Waals surface area (Å²) >= 11 is 0. The summed E-state index contributed by atoms with van der Waals surface area (Å²) in [5, 5.41) is 3.48. The molecule has 0 atom stereocenters. The van der Waals surface area contributed by atoms with Crippen LogP contribution in [-0.2, 0) is 0 Å². The fraction of sp³-hybridized carbons (Fsp3) is 0.647. The van der Waals surface area contributed by atoms with Crippen molar-refractivity contribution in [1.82, 2.24) is 10.2 Å². The molecule has 112 valence electrons. The topological polar surface area (TPSA) is 18.5 Å². The second kappa shape index (κ2) is 8.28. The Labute approximate surface area is 124 Å². The van der Waals surface area contributed by atoms with E-state index in [9.17, 15) is 0 Å². The van der Waals surface area contributed by atoms with Gasteiger partial charge in [0.2, 0.25) is 0 Å². The van der Waals surface area contributed by atoms with Crippen molar-refractivity contribution >= 4 is 5.69 Å². The van der Waals surface area contributed by atoms with Crippen molar-refractivity contribution in [3.8, 4) is 0 Å². The number of hydrogen-bond acceptors (Lipinski definition) is 3. The predicted molar refractivity (Wildman–Crippen MR) is 87.6 cm³/mol. The molecule has 0 radical (unpaired) electrons. The average molecular weight is 275 g/mol. The van der Waals surface area contributed by atoms with E-state index < -0.39 is 0 Å². The molecule has 0 bridgehead atoms. The molecule has 0 saturated carbocycles. The van der Waals surface area contributed by atoms with E-state index in [4.69, 9.17) is 0 Å². The standard InChI is InChI=1S/C17H29N3/c1-3-8-18-9-5-10-19-11-13-20(14-12-19)17-7-4-6-16(2)15-17/h4,6-7,15,18H,3,5,8-14H2,1-2H3. The van der Waals surface area contributed by atoms with Crippen LogP contribution >= 0.6 is 0 Å². The molecule has 1 heterocycles. The average Bonchev–Trinajstić information content (AvgIpc) is 2.48. The molecule has 20 heavy (non-hydrogen) atoms. The molecule has 3 heteroatoms. The van der Waals surface area contributed by atoms with Crippen LogP contribution in [0, 0.1) is 6.92 Å². The molecule has 1 N–H and O–H groups in total. The van der Waals surface area contributed by atoms with Crippen molar-refractivity contribution in [3.63, 3.8) is 0 Å². The molecular formula is C17H29N3. The Morgan fingerprint density at radius 1 is 1.10 bits per heavy atom. The molecule has 1 saturated heterocycles. The summed E-state index contributed by atoms with van der Waals surface area (Å²) in [4.78, 5) is 5.11. The van der Waals surface area contributed by atoms with Gasteiger partial charge < -0.3 is 10.2 Å². The molecule has 1 fully saturated rings. The van der Waals surface area contributed by atoms with E-state index in [1.54, 1.807) is 0 Å². The number of nitrogens with one attached hydrogen (secondary N) is 1. The summed E-state index contributed by atoms with van der Waals surface area (Å²) in [7, 11) is 0. The van der Waals surface area contributed by atoms with Crippen LogP contribution in [-0.4, -0.2) is 50.7 Å². The SMILES string of the molecule is CCCNCCCN1CCN(c2cccc(C)c2)CC1. The van der Waals surface area contributed by atoms with Crippen molar-refractivity contribution in [2.24, 2.45) is 0 Å². The first-order valence-electron chi connectivity index (χ1n) is 8.04. The Hall–Kier alpha value is -1.06. The summed E-state index contributed by atoms with van der Waals surface area (Å²) < 4.78 is 0. The van der Waals surface area contributed by atoms with Crippen molar-refractivity contribution < 1.29 is 0 Å². The van der Waals surface area contributed by atoms with Crippen molar-refractivity contribution in [1.29, 1.82) is 0 Å². The van der Waals surface area contributed by atoms with Crippen LogP contribution in [0.15, 0.2) is 24.3 Å². The summed E-state index contributed by atoms with van der Waals surface area (Å²) in [5.41, 5.74) is 2.74. The van der Waals surface area contributed by atoms with Gasteiger partial charge in [0.25, 0.3) is 0 Å². The van der Waals surface area contributed by atoms with Crippen LogP contribution in [0.1, 0.15) is 25.3 Å². The quantitative estimate of drug-likeness (QED) is 0.771. The Kier molecular flexibility index (Phi) is 6.34. The highest BCUT2D eigenvalue weighted by Gasteiger charge is 2.16. The van der Waals surface area contributed by atoms with Crippen LogP contribution in [0.3, 0.4) is 0 Å². The summed E-state index contributed by atoms with van der Waals surface area (Å²) in [6.45, 7) is 12.6. The highest BCUT2D eigenvalue weighted by atomic mass is 15.3. The van der Waals surface area contributed by atoms with Gasteiger partial charge in [-0.05, 0) is 57.1 Å². The minimum absolute atomic E-state index is 1.15. The second-order valence-corrected chi connectivity index (χ2v) is 5.77. The second-order valence-electron chi connectivity index (χ2n) is 5.77. The van der Waals surface area contributed by atoms with Gasteiger partial charge in [-0.3, -0.25) is 4.90 Å². The highest BCUT2D eigenvalue weighted by molar-refractivity contribution is 5.48. The normalized spacial score (nSPS) is 16.6. The Morgan fingerprint density at radius 3 is 2.60 bits per heavy atom. The van der Waals surface area contributed by atoms with Crippen molar-refractivity contribution in [2.45, 2.75) is 26.7 Å². The summed E-state index contributed by atoms with van der Waals surface area (Å²) in [5.74, 6) is 0. The first-order chi connectivity index (χ1) is 9.79. The maximum Gasteiger partial charge on any atom is 0.0369 e. The summed E-state index contributed by atoms with van der Waals surface area (Å²) in [6, 6.07) is 8.86. The van der Waals surface area contributed by atoms with Crippen LogP contribution in [0.4, 0.5) is 5.69 Å². The third-order valence-electron chi connectivity index (χ3n) is 3.99. The van der Waals surface area contributed by atoms with Gasteiger partial charge in [0.15, 0.2) is 0 Å². The van der Waals surface area contributed by atoms with E-state index in [0.29, 0.717) is 0 Å². The maximum atomic E-state index is 3.48. The van der Waals surface area contributed by atoms with Crippen molar-refractivity contribution in [3.05, 3.63) is 29.8 Å². The fourth-order valence-electron chi connectivity index (χ4n) is 2.78. The maximum absolute atomic E-state index is 3.48.